The molecule has 1 aromatic rings. The first-order chi connectivity index (χ1) is 9.76. The van der Waals surface area contributed by atoms with Crippen LogP contribution >= 0.6 is 0 Å². The third-order valence-electron chi connectivity index (χ3n) is 3.07. The predicted octanol–water partition coefficient (Wildman–Crippen LogP) is 1.56. The average molecular weight is 294 g/mol. The number of carbonyl (C=O) groups excluding carboxylic acids is 1. The average Bonchev–Trinajstić information content (AvgIpc) is 2.81. The third kappa shape index (κ3) is 4.01. The van der Waals surface area contributed by atoms with E-state index in [4.69, 9.17) is 19.9 Å². The van der Waals surface area contributed by atoms with Crippen LogP contribution in [-0.4, -0.2) is 24.3 Å². The summed E-state index contributed by atoms with van der Waals surface area (Å²) < 4.78 is 16.4. The van der Waals surface area contributed by atoms with E-state index >= 15 is 0 Å². The van der Waals surface area contributed by atoms with Crippen molar-refractivity contribution >= 4 is 5.91 Å². The van der Waals surface area contributed by atoms with Crippen LogP contribution in [0.2, 0.25) is 0 Å². The van der Waals surface area contributed by atoms with Crippen molar-refractivity contribution in [2.45, 2.75) is 45.9 Å². The van der Waals surface area contributed by atoms with Crippen molar-refractivity contribution in [2.75, 3.05) is 6.79 Å². The largest absolute Gasteiger partial charge is 0.480 e. The lowest BCUT2D eigenvalue weighted by molar-refractivity contribution is -0.124. The zero-order chi connectivity index (χ0) is 15.6. The number of primary amides is 1. The van der Waals surface area contributed by atoms with Crippen LogP contribution in [0.25, 0.3) is 0 Å². The standard InChI is InChI=1S/C15H22N2O4/c1-9(14(16)18)21-11-6-13-12(19-8-20-13)5-10(11)7-17-15(2,3)4/h5-6,9,17H,7-8H2,1-4H3,(H2,16,18). The molecule has 0 fully saturated rings. The maximum absolute atomic E-state index is 11.2. The molecule has 6 heteroatoms. The van der Waals surface area contributed by atoms with Crippen molar-refractivity contribution in [3.63, 3.8) is 0 Å². The fourth-order valence-corrected chi connectivity index (χ4v) is 1.82. The third-order valence-corrected chi connectivity index (χ3v) is 3.07. The van der Waals surface area contributed by atoms with Gasteiger partial charge in [-0.3, -0.25) is 4.79 Å². The van der Waals surface area contributed by atoms with Crippen molar-refractivity contribution in [1.82, 2.24) is 5.32 Å². The number of carbonyl (C=O) groups is 1. The molecule has 1 aliphatic heterocycles. The Morgan fingerprint density at radius 2 is 2.00 bits per heavy atom. The Balaban J connectivity index is 2.25. The van der Waals surface area contributed by atoms with Crippen LogP contribution in [0.5, 0.6) is 17.2 Å². The molecule has 1 unspecified atom stereocenters. The molecule has 0 spiro atoms. The Morgan fingerprint density at radius 1 is 1.38 bits per heavy atom. The number of fused-ring (bicyclic) bond motifs is 1. The molecule has 1 aromatic carbocycles. The van der Waals surface area contributed by atoms with Crippen LogP contribution in [-0.2, 0) is 11.3 Å². The molecular formula is C15H22N2O4. The van der Waals surface area contributed by atoms with Gasteiger partial charge in [-0.05, 0) is 33.8 Å². The first kappa shape index (κ1) is 15.4. The number of amides is 1. The summed E-state index contributed by atoms with van der Waals surface area (Å²) in [6.07, 6.45) is -0.709. The quantitative estimate of drug-likeness (QED) is 0.861. The zero-order valence-electron chi connectivity index (χ0n) is 12.9. The molecule has 3 N–H and O–H groups in total. The SMILES string of the molecule is CC(Oc1cc2c(cc1CNC(C)(C)C)OCO2)C(N)=O. The minimum Gasteiger partial charge on any atom is -0.480 e. The fraction of sp³-hybridized carbons (Fsp3) is 0.533. The molecule has 116 valence electrons. The van der Waals surface area contributed by atoms with Crippen LogP contribution in [0.1, 0.15) is 33.3 Å². The highest BCUT2D eigenvalue weighted by atomic mass is 16.7. The summed E-state index contributed by atoms with van der Waals surface area (Å²) in [6, 6.07) is 3.60. The van der Waals surface area contributed by atoms with Gasteiger partial charge in [-0.1, -0.05) is 0 Å². The molecule has 1 heterocycles. The van der Waals surface area contributed by atoms with E-state index in [1.165, 1.54) is 0 Å². The second-order valence-electron chi connectivity index (χ2n) is 6.08. The summed E-state index contributed by atoms with van der Waals surface area (Å²) >= 11 is 0. The molecule has 0 aromatic heterocycles. The summed E-state index contributed by atoms with van der Waals surface area (Å²) in [6.45, 7) is 8.62. The molecule has 0 saturated heterocycles. The molecule has 2 rings (SSSR count). The van der Waals surface area contributed by atoms with Gasteiger partial charge in [-0.25, -0.2) is 0 Å². The van der Waals surface area contributed by atoms with Crippen molar-refractivity contribution in [1.29, 1.82) is 0 Å². The highest BCUT2D eigenvalue weighted by Gasteiger charge is 2.21. The summed E-state index contributed by atoms with van der Waals surface area (Å²) in [5, 5.41) is 3.38. The molecule has 0 aliphatic carbocycles. The fourth-order valence-electron chi connectivity index (χ4n) is 1.82. The highest BCUT2D eigenvalue weighted by Crippen LogP contribution is 2.38. The van der Waals surface area contributed by atoms with Crippen molar-refractivity contribution in [2.24, 2.45) is 5.73 Å². The van der Waals surface area contributed by atoms with Crippen LogP contribution in [0.15, 0.2) is 12.1 Å². The van der Waals surface area contributed by atoms with Gasteiger partial charge in [0.2, 0.25) is 6.79 Å². The number of ether oxygens (including phenoxy) is 3. The first-order valence-corrected chi connectivity index (χ1v) is 6.90. The number of nitrogens with one attached hydrogen (secondary N) is 1. The molecule has 1 amide bonds. The Morgan fingerprint density at radius 3 is 2.57 bits per heavy atom. The summed E-state index contributed by atoms with van der Waals surface area (Å²) in [4.78, 5) is 11.2. The molecule has 1 aliphatic rings. The molecule has 0 radical (unpaired) electrons. The van der Waals surface area contributed by atoms with Gasteiger partial charge in [0.15, 0.2) is 17.6 Å². The molecule has 0 saturated carbocycles. The number of hydrogen-bond acceptors (Lipinski definition) is 5. The van der Waals surface area contributed by atoms with E-state index in [1.54, 1.807) is 13.0 Å². The summed E-state index contributed by atoms with van der Waals surface area (Å²) in [5.41, 5.74) is 6.11. The lowest BCUT2D eigenvalue weighted by Crippen LogP contribution is -2.35. The van der Waals surface area contributed by atoms with Crippen LogP contribution in [0.4, 0.5) is 0 Å². The second kappa shape index (κ2) is 5.81. The van der Waals surface area contributed by atoms with Crippen LogP contribution < -0.4 is 25.3 Å². The minimum atomic E-state index is -0.709. The van der Waals surface area contributed by atoms with Gasteiger partial charge < -0.3 is 25.3 Å². The smallest absolute Gasteiger partial charge is 0.258 e. The lowest BCUT2D eigenvalue weighted by atomic mass is 10.1. The van der Waals surface area contributed by atoms with Gasteiger partial charge in [0.25, 0.3) is 5.91 Å². The van der Waals surface area contributed by atoms with Crippen LogP contribution in [0, 0.1) is 0 Å². The van der Waals surface area contributed by atoms with Gasteiger partial charge in [0.05, 0.1) is 0 Å². The Labute approximate surface area is 124 Å². The Bertz CT molecular complexity index is 537. The van der Waals surface area contributed by atoms with Crippen molar-refractivity contribution in [3.8, 4) is 17.2 Å². The van der Waals surface area contributed by atoms with Gasteiger partial charge in [0, 0.05) is 23.7 Å². The molecule has 0 bridgehead atoms. The summed E-state index contributed by atoms with van der Waals surface area (Å²) in [7, 11) is 0. The number of nitrogens with two attached hydrogens (primary N) is 1. The van der Waals surface area contributed by atoms with E-state index in [-0.39, 0.29) is 12.3 Å². The van der Waals surface area contributed by atoms with Crippen LogP contribution in [0.3, 0.4) is 0 Å². The van der Waals surface area contributed by atoms with Gasteiger partial charge in [-0.15, -0.1) is 0 Å². The molecule has 1 atom stereocenters. The van der Waals surface area contributed by atoms with E-state index < -0.39 is 12.0 Å². The maximum atomic E-state index is 11.2. The van der Waals surface area contributed by atoms with Gasteiger partial charge in [-0.2, -0.15) is 0 Å². The van der Waals surface area contributed by atoms with E-state index in [1.807, 2.05) is 6.07 Å². The van der Waals surface area contributed by atoms with Gasteiger partial charge >= 0.3 is 0 Å². The van der Waals surface area contributed by atoms with E-state index in [9.17, 15) is 4.79 Å². The predicted molar refractivity (Wildman–Crippen MR) is 78.4 cm³/mol. The molecule has 21 heavy (non-hydrogen) atoms. The Hall–Kier alpha value is -1.95. The van der Waals surface area contributed by atoms with Crippen molar-refractivity contribution < 1.29 is 19.0 Å². The molecular weight excluding hydrogens is 272 g/mol. The zero-order valence-corrected chi connectivity index (χ0v) is 12.9. The van der Waals surface area contributed by atoms with Crippen molar-refractivity contribution in [3.05, 3.63) is 17.7 Å². The lowest BCUT2D eigenvalue weighted by Gasteiger charge is -2.22. The molecule has 6 nitrogen and oxygen atoms in total. The summed E-state index contributed by atoms with van der Waals surface area (Å²) in [5.74, 6) is 1.35. The van der Waals surface area contributed by atoms with Gasteiger partial charge in [0.1, 0.15) is 5.75 Å². The first-order valence-electron chi connectivity index (χ1n) is 6.90. The minimum absolute atomic E-state index is 0.0387. The normalized spacial score (nSPS) is 14.9. The van der Waals surface area contributed by atoms with E-state index in [0.717, 1.165) is 5.56 Å². The topological polar surface area (TPSA) is 82.8 Å². The number of rotatable bonds is 5. The number of benzene rings is 1. The monoisotopic (exact) mass is 294 g/mol. The Kier molecular flexibility index (Phi) is 4.27. The number of hydrogen-bond donors (Lipinski definition) is 2. The second-order valence-corrected chi connectivity index (χ2v) is 6.08. The maximum Gasteiger partial charge on any atom is 0.258 e. The van der Waals surface area contributed by atoms with E-state index in [0.29, 0.717) is 23.8 Å². The van der Waals surface area contributed by atoms with E-state index in [2.05, 4.69) is 26.1 Å². The highest BCUT2D eigenvalue weighted by molar-refractivity contribution is 5.78.